The molecule has 0 saturated carbocycles. The number of rotatable bonds is 7. The van der Waals surface area contributed by atoms with Crippen molar-refractivity contribution in [3.8, 4) is 11.5 Å². The number of nitrogens with zero attached hydrogens (tertiary/aromatic N) is 1. The van der Waals surface area contributed by atoms with Gasteiger partial charge in [0.25, 0.3) is 0 Å². The molecule has 1 N–H and O–H groups in total. The number of anilines is 1. The van der Waals surface area contributed by atoms with E-state index in [-0.39, 0.29) is 24.8 Å². The van der Waals surface area contributed by atoms with Crippen LogP contribution in [0.25, 0.3) is 0 Å². The molecule has 9 heteroatoms. The summed E-state index contributed by atoms with van der Waals surface area (Å²) in [7, 11) is -3.94. The summed E-state index contributed by atoms with van der Waals surface area (Å²) in [6.45, 7) is -0.203. The van der Waals surface area contributed by atoms with E-state index in [1.807, 2.05) is 18.2 Å². The van der Waals surface area contributed by atoms with Crippen LogP contribution in [0.2, 0.25) is 5.02 Å². The Morgan fingerprint density at radius 2 is 1.68 bits per heavy atom. The second-order valence-corrected chi connectivity index (χ2v) is 9.20. The Balaban J connectivity index is 1.56. The molecule has 0 atom stereocenters. The van der Waals surface area contributed by atoms with Crippen LogP contribution >= 0.6 is 11.6 Å². The lowest BCUT2D eigenvalue weighted by Crippen LogP contribution is -2.37. The van der Waals surface area contributed by atoms with Gasteiger partial charge in [0, 0.05) is 23.3 Å². The summed E-state index contributed by atoms with van der Waals surface area (Å²) in [5, 5.41) is 3.14. The first kappa shape index (κ1) is 21.2. The van der Waals surface area contributed by atoms with Crippen LogP contribution in [0, 0.1) is 0 Å². The van der Waals surface area contributed by atoms with Gasteiger partial charge in [-0.05, 0) is 42.0 Å². The molecule has 1 heterocycles. The first-order chi connectivity index (χ1) is 14.9. The van der Waals surface area contributed by atoms with Gasteiger partial charge < -0.3 is 14.8 Å². The fraction of sp³-hybridized carbons (Fsp3) is 0.136. The molecule has 0 spiro atoms. The number of benzene rings is 3. The van der Waals surface area contributed by atoms with Gasteiger partial charge in [-0.3, -0.25) is 4.79 Å². The van der Waals surface area contributed by atoms with E-state index < -0.39 is 15.9 Å². The third kappa shape index (κ3) is 4.99. The van der Waals surface area contributed by atoms with E-state index in [2.05, 4.69) is 5.32 Å². The van der Waals surface area contributed by atoms with E-state index in [4.69, 9.17) is 21.1 Å². The molecule has 0 bridgehead atoms. The van der Waals surface area contributed by atoms with Gasteiger partial charge in [0.1, 0.15) is 0 Å². The van der Waals surface area contributed by atoms with Gasteiger partial charge in [-0.2, -0.15) is 4.31 Å². The quantitative estimate of drug-likeness (QED) is 0.580. The predicted octanol–water partition coefficient (Wildman–Crippen LogP) is 3.90. The SMILES string of the molecule is O=C(CN(Cc1ccccc1)S(=O)(=O)c1ccc(Cl)cc1)Nc1ccc2c(c1)OCO2. The Hall–Kier alpha value is -3.07. The molecule has 0 aromatic heterocycles. The highest BCUT2D eigenvalue weighted by Crippen LogP contribution is 2.34. The standard InChI is InChI=1S/C22H19ClN2O5S/c23-17-6-9-19(10-7-17)31(27,28)25(13-16-4-2-1-3-5-16)14-22(26)24-18-8-11-20-21(12-18)30-15-29-20/h1-12H,13-15H2,(H,24,26). The minimum Gasteiger partial charge on any atom is -0.454 e. The maximum absolute atomic E-state index is 13.3. The summed E-state index contributed by atoms with van der Waals surface area (Å²) < 4.78 is 38.2. The number of carbonyl (C=O) groups excluding carboxylic acids is 1. The average molecular weight is 459 g/mol. The summed E-state index contributed by atoms with van der Waals surface area (Å²) in [5.74, 6) is 0.633. The highest BCUT2D eigenvalue weighted by Gasteiger charge is 2.27. The molecule has 3 aromatic rings. The van der Waals surface area contributed by atoms with E-state index >= 15 is 0 Å². The van der Waals surface area contributed by atoms with Crippen LogP contribution in [-0.2, 0) is 21.4 Å². The minimum atomic E-state index is -3.94. The molecule has 160 valence electrons. The first-order valence-corrected chi connectivity index (χ1v) is 11.2. The summed E-state index contributed by atoms with van der Waals surface area (Å²) >= 11 is 5.89. The molecular weight excluding hydrogens is 440 g/mol. The summed E-state index contributed by atoms with van der Waals surface area (Å²) in [6.07, 6.45) is 0. The number of ether oxygens (including phenoxy) is 2. The number of sulfonamides is 1. The van der Waals surface area contributed by atoms with Crippen molar-refractivity contribution in [3.63, 3.8) is 0 Å². The molecule has 4 rings (SSSR count). The van der Waals surface area contributed by atoms with Crippen molar-refractivity contribution < 1.29 is 22.7 Å². The average Bonchev–Trinajstić information content (AvgIpc) is 3.22. The number of hydrogen-bond donors (Lipinski definition) is 1. The molecule has 7 nitrogen and oxygen atoms in total. The number of fused-ring (bicyclic) bond motifs is 1. The lowest BCUT2D eigenvalue weighted by molar-refractivity contribution is -0.116. The number of halogens is 1. The van der Waals surface area contributed by atoms with Crippen molar-refractivity contribution in [2.24, 2.45) is 0 Å². The Kier molecular flexibility index (Phi) is 6.13. The van der Waals surface area contributed by atoms with Gasteiger partial charge in [0.05, 0.1) is 11.4 Å². The fourth-order valence-corrected chi connectivity index (χ4v) is 4.61. The molecule has 0 fully saturated rings. The van der Waals surface area contributed by atoms with Crippen molar-refractivity contribution in [3.05, 3.63) is 83.4 Å². The van der Waals surface area contributed by atoms with E-state index in [9.17, 15) is 13.2 Å². The van der Waals surface area contributed by atoms with Gasteiger partial charge in [-0.15, -0.1) is 0 Å². The van der Waals surface area contributed by atoms with Gasteiger partial charge in [-0.25, -0.2) is 8.42 Å². The third-order valence-electron chi connectivity index (χ3n) is 4.63. The molecule has 0 aliphatic carbocycles. The summed E-state index contributed by atoms with van der Waals surface area (Å²) in [5.41, 5.74) is 1.24. The van der Waals surface area contributed by atoms with Crippen LogP contribution in [0.15, 0.2) is 77.7 Å². The molecular formula is C22H19ClN2O5S. The molecule has 0 radical (unpaired) electrons. The maximum atomic E-state index is 13.3. The number of nitrogens with one attached hydrogen (secondary N) is 1. The number of hydrogen-bond acceptors (Lipinski definition) is 5. The third-order valence-corrected chi connectivity index (χ3v) is 6.69. The molecule has 1 aliphatic rings. The highest BCUT2D eigenvalue weighted by atomic mass is 35.5. The van der Waals surface area contributed by atoms with Crippen LogP contribution in [0.5, 0.6) is 11.5 Å². The molecule has 3 aromatic carbocycles. The Morgan fingerprint density at radius 1 is 0.968 bits per heavy atom. The van der Waals surface area contributed by atoms with Crippen LogP contribution in [-0.4, -0.2) is 32.0 Å². The lowest BCUT2D eigenvalue weighted by Gasteiger charge is -2.22. The van der Waals surface area contributed by atoms with Crippen molar-refractivity contribution >= 4 is 33.2 Å². The summed E-state index contributed by atoms with van der Waals surface area (Å²) in [4.78, 5) is 12.8. The normalized spacial score (nSPS) is 12.7. The van der Waals surface area contributed by atoms with E-state index in [1.165, 1.54) is 24.3 Å². The van der Waals surface area contributed by atoms with Crippen LogP contribution in [0.1, 0.15) is 5.56 Å². The van der Waals surface area contributed by atoms with Crippen molar-refractivity contribution in [2.45, 2.75) is 11.4 Å². The number of carbonyl (C=O) groups is 1. The zero-order valence-electron chi connectivity index (χ0n) is 16.3. The summed E-state index contributed by atoms with van der Waals surface area (Å²) in [6, 6.07) is 19.9. The smallest absolute Gasteiger partial charge is 0.243 e. The molecule has 0 unspecified atom stereocenters. The lowest BCUT2D eigenvalue weighted by atomic mass is 10.2. The van der Waals surface area contributed by atoms with E-state index in [1.54, 1.807) is 30.3 Å². The Morgan fingerprint density at radius 3 is 2.42 bits per heavy atom. The Bertz CT molecular complexity index is 1180. The largest absolute Gasteiger partial charge is 0.454 e. The monoisotopic (exact) mass is 458 g/mol. The molecule has 1 amide bonds. The van der Waals surface area contributed by atoms with Gasteiger partial charge in [0.15, 0.2) is 11.5 Å². The first-order valence-electron chi connectivity index (χ1n) is 9.41. The molecule has 31 heavy (non-hydrogen) atoms. The van der Waals surface area contributed by atoms with Gasteiger partial charge >= 0.3 is 0 Å². The predicted molar refractivity (Wildman–Crippen MR) is 117 cm³/mol. The van der Waals surface area contributed by atoms with Crippen molar-refractivity contribution in [2.75, 3.05) is 18.7 Å². The number of amides is 1. The van der Waals surface area contributed by atoms with Crippen molar-refractivity contribution in [1.29, 1.82) is 0 Å². The zero-order valence-corrected chi connectivity index (χ0v) is 17.9. The minimum absolute atomic E-state index is 0.0420. The second kappa shape index (κ2) is 8.97. The van der Waals surface area contributed by atoms with E-state index in [0.717, 1.165) is 9.87 Å². The second-order valence-electron chi connectivity index (χ2n) is 6.83. The maximum Gasteiger partial charge on any atom is 0.243 e. The van der Waals surface area contributed by atoms with Gasteiger partial charge in [-0.1, -0.05) is 41.9 Å². The molecule has 0 saturated heterocycles. The van der Waals surface area contributed by atoms with Crippen LogP contribution in [0.4, 0.5) is 5.69 Å². The van der Waals surface area contributed by atoms with Crippen LogP contribution in [0.3, 0.4) is 0 Å². The van der Waals surface area contributed by atoms with E-state index in [0.29, 0.717) is 22.2 Å². The highest BCUT2D eigenvalue weighted by molar-refractivity contribution is 7.89. The van der Waals surface area contributed by atoms with Crippen molar-refractivity contribution in [1.82, 2.24) is 4.31 Å². The Labute approximate surface area is 185 Å². The zero-order chi connectivity index (χ0) is 21.8. The van der Waals surface area contributed by atoms with Crippen LogP contribution < -0.4 is 14.8 Å². The topological polar surface area (TPSA) is 84.9 Å². The molecule has 1 aliphatic heterocycles. The van der Waals surface area contributed by atoms with Gasteiger partial charge in [0.2, 0.25) is 22.7 Å². The fourth-order valence-electron chi connectivity index (χ4n) is 3.10.